The number of aryl methyl sites for hydroxylation is 2. The molecule has 20 heavy (non-hydrogen) atoms. The Morgan fingerprint density at radius 2 is 1.90 bits per heavy atom. The molecule has 1 N–H and O–H groups in total. The van der Waals surface area contributed by atoms with Gasteiger partial charge in [0.05, 0.1) is 20.9 Å². The monoisotopic (exact) mass is 302 g/mol. The molecule has 3 aromatic rings. The van der Waals surface area contributed by atoms with Crippen molar-refractivity contribution in [1.29, 1.82) is 0 Å². The van der Waals surface area contributed by atoms with Gasteiger partial charge in [-0.25, -0.2) is 4.98 Å². The third-order valence-electron chi connectivity index (χ3n) is 3.20. The zero-order valence-electron chi connectivity index (χ0n) is 11.4. The van der Waals surface area contributed by atoms with Crippen LogP contribution in [0.4, 0.5) is 5.69 Å². The molecule has 2 aromatic carbocycles. The molecule has 0 bridgehead atoms. The van der Waals surface area contributed by atoms with Crippen molar-refractivity contribution in [2.24, 2.45) is 0 Å². The number of thiazole rings is 1. The van der Waals surface area contributed by atoms with Gasteiger partial charge in [0, 0.05) is 6.54 Å². The van der Waals surface area contributed by atoms with Gasteiger partial charge in [0.25, 0.3) is 0 Å². The SMILES string of the molecule is Cc1cc(C)cc(CNc2c(Cl)ccc3scnc23)c1. The first-order valence-electron chi connectivity index (χ1n) is 6.46. The number of benzene rings is 2. The number of hydrogen-bond acceptors (Lipinski definition) is 3. The minimum atomic E-state index is 0.716. The van der Waals surface area contributed by atoms with Crippen molar-refractivity contribution in [3.63, 3.8) is 0 Å². The van der Waals surface area contributed by atoms with Gasteiger partial charge in [-0.05, 0) is 31.5 Å². The van der Waals surface area contributed by atoms with Gasteiger partial charge < -0.3 is 5.32 Å². The maximum atomic E-state index is 6.29. The fraction of sp³-hybridized carbons (Fsp3) is 0.188. The first kappa shape index (κ1) is 13.4. The minimum Gasteiger partial charge on any atom is -0.378 e. The van der Waals surface area contributed by atoms with Crippen LogP contribution in [-0.4, -0.2) is 4.98 Å². The Labute approximate surface area is 127 Å². The van der Waals surface area contributed by atoms with Crippen LogP contribution in [0.15, 0.2) is 35.8 Å². The van der Waals surface area contributed by atoms with Crippen molar-refractivity contribution < 1.29 is 0 Å². The van der Waals surface area contributed by atoms with Crippen LogP contribution in [0.1, 0.15) is 16.7 Å². The van der Waals surface area contributed by atoms with Crippen molar-refractivity contribution in [1.82, 2.24) is 4.98 Å². The number of nitrogens with one attached hydrogen (secondary N) is 1. The van der Waals surface area contributed by atoms with Gasteiger partial charge in [-0.1, -0.05) is 40.9 Å². The van der Waals surface area contributed by atoms with Gasteiger partial charge in [-0.15, -0.1) is 11.3 Å². The van der Waals surface area contributed by atoms with Crippen molar-refractivity contribution in [3.8, 4) is 0 Å². The summed E-state index contributed by atoms with van der Waals surface area (Å²) in [5.74, 6) is 0. The number of halogens is 1. The average Bonchev–Trinajstić information content (AvgIpc) is 2.85. The van der Waals surface area contributed by atoms with Crippen LogP contribution in [0.3, 0.4) is 0 Å². The van der Waals surface area contributed by atoms with Crippen LogP contribution < -0.4 is 5.32 Å². The van der Waals surface area contributed by atoms with E-state index in [1.54, 1.807) is 11.3 Å². The van der Waals surface area contributed by atoms with Crippen LogP contribution in [0.2, 0.25) is 5.02 Å². The normalized spacial score (nSPS) is 10.9. The lowest BCUT2D eigenvalue weighted by Gasteiger charge is -2.10. The highest BCUT2D eigenvalue weighted by Crippen LogP contribution is 2.32. The second-order valence-electron chi connectivity index (χ2n) is 4.97. The van der Waals surface area contributed by atoms with Gasteiger partial charge in [0.15, 0.2) is 0 Å². The Morgan fingerprint density at radius 3 is 2.65 bits per heavy atom. The number of nitrogens with zero attached hydrogens (tertiary/aromatic N) is 1. The lowest BCUT2D eigenvalue weighted by atomic mass is 10.1. The largest absolute Gasteiger partial charge is 0.378 e. The summed E-state index contributed by atoms with van der Waals surface area (Å²) in [6.45, 7) is 4.98. The second-order valence-corrected chi connectivity index (χ2v) is 6.26. The first-order valence-corrected chi connectivity index (χ1v) is 7.72. The minimum absolute atomic E-state index is 0.716. The molecule has 0 saturated carbocycles. The third-order valence-corrected chi connectivity index (χ3v) is 4.31. The van der Waals surface area contributed by atoms with E-state index in [0.717, 1.165) is 22.4 Å². The summed E-state index contributed by atoms with van der Waals surface area (Å²) in [4.78, 5) is 4.40. The summed E-state index contributed by atoms with van der Waals surface area (Å²) in [6, 6.07) is 10.5. The fourth-order valence-electron chi connectivity index (χ4n) is 2.44. The van der Waals surface area contributed by atoms with E-state index in [-0.39, 0.29) is 0 Å². The van der Waals surface area contributed by atoms with E-state index in [0.29, 0.717) is 5.02 Å². The van der Waals surface area contributed by atoms with E-state index in [2.05, 4.69) is 42.3 Å². The smallest absolute Gasteiger partial charge is 0.106 e. The molecular weight excluding hydrogens is 288 g/mol. The molecule has 0 spiro atoms. The Bertz CT molecular complexity index is 744. The van der Waals surface area contributed by atoms with Crippen LogP contribution in [0, 0.1) is 13.8 Å². The van der Waals surface area contributed by atoms with Crippen LogP contribution in [-0.2, 0) is 6.54 Å². The van der Waals surface area contributed by atoms with E-state index in [9.17, 15) is 0 Å². The highest BCUT2D eigenvalue weighted by molar-refractivity contribution is 7.16. The van der Waals surface area contributed by atoms with Gasteiger partial charge in [-0.3, -0.25) is 0 Å². The zero-order chi connectivity index (χ0) is 14.1. The second kappa shape index (κ2) is 5.43. The summed E-state index contributed by atoms with van der Waals surface area (Å²) < 4.78 is 1.15. The molecule has 1 heterocycles. The molecule has 2 nitrogen and oxygen atoms in total. The predicted octanol–water partition coefficient (Wildman–Crippen LogP) is 5.18. The lowest BCUT2D eigenvalue weighted by molar-refractivity contribution is 1.13. The van der Waals surface area contributed by atoms with E-state index in [1.165, 1.54) is 16.7 Å². The van der Waals surface area contributed by atoms with Crippen LogP contribution >= 0.6 is 22.9 Å². The van der Waals surface area contributed by atoms with Crippen molar-refractivity contribution in [2.45, 2.75) is 20.4 Å². The first-order chi connectivity index (χ1) is 9.63. The number of fused-ring (bicyclic) bond motifs is 1. The molecule has 0 atom stereocenters. The zero-order valence-corrected chi connectivity index (χ0v) is 13.0. The molecule has 0 aliphatic carbocycles. The number of rotatable bonds is 3. The summed E-state index contributed by atoms with van der Waals surface area (Å²) >= 11 is 7.92. The molecule has 0 fully saturated rings. The lowest BCUT2D eigenvalue weighted by Crippen LogP contribution is -2.01. The fourth-order valence-corrected chi connectivity index (χ4v) is 3.34. The Kier molecular flexibility index (Phi) is 3.64. The maximum Gasteiger partial charge on any atom is 0.106 e. The molecule has 0 aliphatic rings. The number of hydrogen-bond donors (Lipinski definition) is 1. The summed E-state index contributed by atoms with van der Waals surface area (Å²) in [5, 5.41) is 4.14. The van der Waals surface area contributed by atoms with Crippen molar-refractivity contribution in [2.75, 3.05) is 5.32 Å². The summed E-state index contributed by atoms with van der Waals surface area (Å²) in [6.07, 6.45) is 0. The topological polar surface area (TPSA) is 24.9 Å². The molecule has 0 radical (unpaired) electrons. The van der Waals surface area contributed by atoms with Crippen molar-refractivity contribution >= 4 is 38.8 Å². The quantitative estimate of drug-likeness (QED) is 0.721. The van der Waals surface area contributed by atoms with Gasteiger partial charge >= 0.3 is 0 Å². The van der Waals surface area contributed by atoms with E-state index in [4.69, 9.17) is 11.6 Å². The highest BCUT2D eigenvalue weighted by atomic mass is 35.5. The van der Waals surface area contributed by atoms with Gasteiger partial charge in [-0.2, -0.15) is 0 Å². The molecule has 102 valence electrons. The van der Waals surface area contributed by atoms with E-state index >= 15 is 0 Å². The average molecular weight is 303 g/mol. The molecule has 3 rings (SSSR count). The maximum absolute atomic E-state index is 6.29. The van der Waals surface area contributed by atoms with Crippen molar-refractivity contribution in [3.05, 3.63) is 57.6 Å². The number of aromatic nitrogens is 1. The Morgan fingerprint density at radius 1 is 1.15 bits per heavy atom. The van der Waals surface area contributed by atoms with E-state index < -0.39 is 0 Å². The molecular formula is C16H15ClN2S. The molecule has 0 saturated heterocycles. The van der Waals surface area contributed by atoms with Crippen LogP contribution in [0.5, 0.6) is 0 Å². The Balaban J connectivity index is 1.90. The van der Waals surface area contributed by atoms with Gasteiger partial charge in [0.1, 0.15) is 5.52 Å². The number of anilines is 1. The van der Waals surface area contributed by atoms with Gasteiger partial charge in [0.2, 0.25) is 0 Å². The highest BCUT2D eigenvalue weighted by Gasteiger charge is 2.08. The molecule has 4 heteroatoms. The molecule has 0 aliphatic heterocycles. The predicted molar refractivity (Wildman–Crippen MR) is 87.9 cm³/mol. The van der Waals surface area contributed by atoms with E-state index in [1.807, 2.05) is 17.6 Å². The molecule has 0 unspecified atom stereocenters. The Hall–Kier alpha value is -1.58. The van der Waals surface area contributed by atoms with Crippen LogP contribution in [0.25, 0.3) is 10.2 Å². The standard InChI is InChI=1S/C16H15ClN2S/c1-10-5-11(2)7-12(6-10)8-18-15-13(17)3-4-14-16(15)19-9-20-14/h3-7,9,18H,8H2,1-2H3. The summed E-state index contributed by atoms with van der Waals surface area (Å²) in [5.41, 5.74) is 7.53. The summed E-state index contributed by atoms with van der Waals surface area (Å²) in [7, 11) is 0. The third kappa shape index (κ3) is 2.65. The molecule has 1 aromatic heterocycles. The molecule has 0 amide bonds.